The summed E-state index contributed by atoms with van der Waals surface area (Å²) in [4.78, 5) is 0.881. The highest BCUT2D eigenvalue weighted by Crippen LogP contribution is 2.33. The molecule has 0 aliphatic heterocycles. The van der Waals surface area contributed by atoms with Gasteiger partial charge < -0.3 is 5.73 Å². The van der Waals surface area contributed by atoms with Crippen LogP contribution in [0.4, 0.5) is 0 Å². The molecule has 0 bridgehead atoms. The zero-order valence-corrected chi connectivity index (χ0v) is 10.9. The van der Waals surface area contributed by atoms with Gasteiger partial charge in [-0.3, -0.25) is 0 Å². The van der Waals surface area contributed by atoms with E-state index in [0.717, 1.165) is 22.2 Å². The summed E-state index contributed by atoms with van der Waals surface area (Å²) in [5.41, 5.74) is 6.12. The van der Waals surface area contributed by atoms with Crippen LogP contribution in [0.15, 0.2) is 0 Å². The predicted molar refractivity (Wildman–Crippen MR) is 67.2 cm³/mol. The molecule has 2 aromatic heterocycles. The largest absolute Gasteiger partial charge is 0.327 e. The monoisotopic (exact) mass is 251 g/mol. The van der Waals surface area contributed by atoms with Gasteiger partial charge in [0.25, 0.3) is 0 Å². The molecule has 1 unspecified atom stereocenters. The third-order valence-electron chi connectivity index (χ3n) is 3.21. The normalized spacial score (nSPS) is 18.1. The van der Waals surface area contributed by atoms with Crippen molar-refractivity contribution >= 4 is 16.3 Å². The van der Waals surface area contributed by atoms with Gasteiger partial charge in [-0.25, -0.2) is 0 Å². The zero-order valence-electron chi connectivity index (χ0n) is 10.1. The van der Waals surface area contributed by atoms with Gasteiger partial charge in [-0.05, 0) is 18.8 Å². The van der Waals surface area contributed by atoms with Crippen molar-refractivity contribution in [3.8, 4) is 0 Å². The predicted octanol–water partition coefficient (Wildman–Crippen LogP) is 1.59. The summed E-state index contributed by atoms with van der Waals surface area (Å²) < 4.78 is 1.87. The Morgan fingerprint density at radius 2 is 2.18 bits per heavy atom. The van der Waals surface area contributed by atoms with Crippen LogP contribution in [0.1, 0.15) is 43.4 Å². The Morgan fingerprint density at radius 3 is 2.82 bits per heavy atom. The van der Waals surface area contributed by atoms with Gasteiger partial charge >= 0.3 is 0 Å². The van der Waals surface area contributed by atoms with Crippen LogP contribution in [-0.4, -0.2) is 25.9 Å². The van der Waals surface area contributed by atoms with Crippen molar-refractivity contribution in [2.45, 2.75) is 45.1 Å². The molecule has 5 nitrogen and oxygen atoms in total. The molecule has 1 aliphatic carbocycles. The van der Waals surface area contributed by atoms with E-state index in [9.17, 15) is 0 Å². The maximum Gasteiger partial charge on any atom is 0.234 e. The molecule has 1 aliphatic rings. The fourth-order valence-electron chi connectivity index (χ4n) is 2.01. The Hall–Kier alpha value is -1.01. The lowest BCUT2D eigenvalue weighted by atomic mass is 10.1. The fraction of sp³-hybridized carbons (Fsp3) is 0.727. The average molecular weight is 251 g/mol. The molecule has 6 heteroatoms. The molecule has 2 heterocycles. The Kier molecular flexibility index (Phi) is 2.63. The van der Waals surface area contributed by atoms with Crippen LogP contribution in [0.5, 0.6) is 0 Å². The molecular weight excluding hydrogens is 234 g/mol. The second-order valence-electron chi connectivity index (χ2n) is 5.11. The van der Waals surface area contributed by atoms with E-state index in [2.05, 4.69) is 29.1 Å². The first kappa shape index (κ1) is 11.1. The number of hydrogen-bond acceptors (Lipinski definition) is 5. The number of nitrogens with two attached hydrogens (primary N) is 1. The Bertz CT molecular complexity index is 525. The summed E-state index contributed by atoms with van der Waals surface area (Å²) in [7, 11) is 0. The standard InChI is InChI=1S/C11H17N5S/c1-6(2)10-13-14-11-16(10)15-9(17-11)5-8(12)7-3-4-7/h6-8H,3-5,12H2,1-2H3. The summed E-state index contributed by atoms with van der Waals surface area (Å²) in [6.07, 6.45) is 3.43. The zero-order chi connectivity index (χ0) is 12.0. The van der Waals surface area contributed by atoms with Crippen molar-refractivity contribution in [3.63, 3.8) is 0 Å². The van der Waals surface area contributed by atoms with Gasteiger partial charge in [-0.1, -0.05) is 25.2 Å². The molecule has 1 fully saturated rings. The van der Waals surface area contributed by atoms with Crippen LogP contribution < -0.4 is 5.73 Å². The van der Waals surface area contributed by atoms with Crippen molar-refractivity contribution in [2.24, 2.45) is 11.7 Å². The first-order valence-electron chi connectivity index (χ1n) is 6.11. The minimum atomic E-state index is 0.265. The summed E-state index contributed by atoms with van der Waals surface area (Å²) in [6.45, 7) is 4.21. The van der Waals surface area contributed by atoms with Crippen molar-refractivity contribution in [3.05, 3.63) is 10.8 Å². The third kappa shape index (κ3) is 2.07. The van der Waals surface area contributed by atoms with Gasteiger partial charge in [0.1, 0.15) is 5.01 Å². The molecule has 2 N–H and O–H groups in total. The fourth-order valence-corrected chi connectivity index (χ4v) is 2.92. The van der Waals surface area contributed by atoms with Gasteiger partial charge in [0.05, 0.1) is 0 Å². The van der Waals surface area contributed by atoms with Crippen molar-refractivity contribution in [2.75, 3.05) is 0 Å². The first-order chi connectivity index (χ1) is 8.15. The highest BCUT2D eigenvalue weighted by molar-refractivity contribution is 7.16. The maximum absolute atomic E-state index is 6.12. The van der Waals surface area contributed by atoms with Gasteiger partial charge in [0, 0.05) is 18.4 Å². The number of nitrogens with zero attached hydrogens (tertiary/aromatic N) is 4. The number of rotatable bonds is 4. The Morgan fingerprint density at radius 1 is 1.41 bits per heavy atom. The molecule has 3 rings (SSSR count). The first-order valence-corrected chi connectivity index (χ1v) is 6.93. The van der Waals surface area contributed by atoms with Crippen LogP contribution >= 0.6 is 11.3 Å². The minimum Gasteiger partial charge on any atom is -0.327 e. The molecule has 0 amide bonds. The van der Waals surface area contributed by atoms with E-state index < -0.39 is 0 Å². The minimum absolute atomic E-state index is 0.265. The smallest absolute Gasteiger partial charge is 0.234 e. The molecule has 17 heavy (non-hydrogen) atoms. The van der Waals surface area contributed by atoms with Crippen LogP contribution in [-0.2, 0) is 6.42 Å². The summed E-state index contributed by atoms with van der Waals surface area (Å²) >= 11 is 1.61. The van der Waals surface area contributed by atoms with Gasteiger partial charge in [-0.2, -0.15) is 9.61 Å². The van der Waals surface area contributed by atoms with E-state index in [0.29, 0.717) is 11.8 Å². The number of aromatic nitrogens is 4. The van der Waals surface area contributed by atoms with Crippen molar-refractivity contribution in [1.82, 2.24) is 19.8 Å². The molecule has 0 spiro atoms. The molecule has 0 radical (unpaired) electrons. The Labute approximate surface area is 104 Å². The van der Waals surface area contributed by atoms with Crippen LogP contribution in [0.2, 0.25) is 0 Å². The average Bonchev–Trinajstić information content (AvgIpc) is 2.93. The van der Waals surface area contributed by atoms with E-state index in [1.165, 1.54) is 12.8 Å². The van der Waals surface area contributed by atoms with Gasteiger partial charge in [-0.15, -0.1) is 10.2 Å². The summed E-state index contributed by atoms with van der Waals surface area (Å²) in [6, 6.07) is 0.265. The van der Waals surface area contributed by atoms with E-state index in [4.69, 9.17) is 5.73 Å². The highest BCUT2D eigenvalue weighted by Gasteiger charge is 2.29. The topological polar surface area (TPSA) is 69.1 Å². The quantitative estimate of drug-likeness (QED) is 0.896. The van der Waals surface area contributed by atoms with Crippen LogP contribution in [0.25, 0.3) is 4.96 Å². The molecular formula is C11H17N5S. The summed E-state index contributed by atoms with van der Waals surface area (Å²) in [5, 5.41) is 14.0. The van der Waals surface area contributed by atoms with Crippen molar-refractivity contribution in [1.29, 1.82) is 0 Å². The van der Waals surface area contributed by atoms with E-state index in [1.54, 1.807) is 11.3 Å². The highest BCUT2D eigenvalue weighted by atomic mass is 32.1. The maximum atomic E-state index is 6.12. The van der Waals surface area contributed by atoms with Crippen molar-refractivity contribution < 1.29 is 0 Å². The SMILES string of the molecule is CC(C)c1nnc2sc(CC(N)C3CC3)nn12. The van der Waals surface area contributed by atoms with Crippen LogP contribution in [0, 0.1) is 5.92 Å². The number of fused-ring (bicyclic) bond motifs is 1. The number of hydrogen-bond donors (Lipinski definition) is 1. The van der Waals surface area contributed by atoms with E-state index in [-0.39, 0.29) is 6.04 Å². The molecule has 92 valence electrons. The lowest BCUT2D eigenvalue weighted by Crippen LogP contribution is -2.25. The lowest BCUT2D eigenvalue weighted by molar-refractivity contribution is 0.583. The second-order valence-corrected chi connectivity index (χ2v) is 6.15. The molecule has 0 aromatic carbocycles. The summed E-state index contributed by atoms with van der Waals surface area (Å²) in [5.74, 6) is 1.99. The molecule has 1 saturated carbocycles. The van der Waals surface area contributed by atoms with E-state index >= 15 is 0 Å². The molecule has 1 atom stereocenters. The Balaban J connectivity index is 1.85. The van der Waals surface area contributed by atoms with Crippen LogP contribution in [0.3, 0.4) is 0 Å². The molecule has 0 saturated heterocycles. The van der Waals surface area contributed by atoms with Gasteiger partial charge in [0.2, 0.25) is 4.96 Å². The third-order valence-corrected chi connectivity index (χ3v) is 4.13. The second kappa shape index (κ2) is 4.03. The van der Waals surface area contributed by atoms with E-state index in [1.807, 2.05) is 4.52 Å². The van der Waals surface area contributed by atoms with Gasteiger partial charge in [0.15, 0.2) is 5.82 Å². The lowest BCUT2D eigenvalue weighted by Gasteiger charge is -2.06. The molecule has 2 aromatic rings.